The number of hydrogen-bond donors (Lipinski definition) is 1. The fourth-order valence-electron chi connectivity index (χ4n) is 2.64. The van der Waals surface area contributed by atoms with Crippen LogP contribution in [0.4, 0.5) is 5.13 Å². The Bertz CT molecular complexity index is 510. The smallest absolute Gasteiger partial charge is 0.186 e. The number of hydrogen-bond acceptors (Lipinski definition) is 4. The summed E-state index contributed by atoms with van der Waals surface area (Å²) in [6.45, 7) is 6.73. The first-order valence-corrected chi connectivity index (χ1v) is 7.91. The highest BCUT2D eigenvalue weighted by molar-refractivity contribution is 7.22. The van der Waals surface area contributed by atoms with Crippen molar-refractivity contribution >= 4 is 26.7 Å². The highest BCUT2D eigenvalue weighted by Crippen LogP contribution is 2.30. The van der Waals surface area contributed by atoms with Crippen LogP contribution in [0.2, 0.25) is 0 Å². The molecule has 2 aromatic rings. The molecule has 19 heavy (non-hydrogen) atoms. The van der Waals surface area contributed by atoms with Gasteiger partial charge in [0, 0.05) is 18.6 Å². The van der Waals surface area contributed by atoms with Crippen molar-refractivity contribution in [1.82, 2.24) is 10.3 Å². The number of rotatable bonds is 4. The second-order valence-electron chi connectivity index (χ2n) is 5.50. The van der Waals surface area contributed by atoms with Crippen LogP contribution >= 0.6 is 11.3 Å². The van der Waals surface area contributed by atoms with Crippen LogP contribution in [-0.4, -0.2) is 30.2 Å². The van der Waals surface area contributed by atoms with Gasteiger partial charge in [0.1, 0.15) is 0 Å². The third kappa shape index (κ3) is 2.74. The summed E-state index contributed by atoms with van der Waals surface area (Å²) >= 11 is 1.80. The quantitative estimate of drug-likeness (QED) is 0.928. The van der Waals surface area contributed by atoms with Gasteiger partial charge in [0.2, 0.25) is 0 Å². The Hall–Kier alpha value is -1.13. The predicted octanol–water partition coefficient (Wildman–Crippen LogP) is 3.26. The van der Waals surface area contributed by atoms with Gasteiger partial charge in [0.15, 0.2) is 5.13 Å². The van der Waals surface area contributed by atoms with Crippen molar-refractivity contribution in [3.8, 4) is 0 Å². The second-order valence-corrected chi connectivity index (χ2v) is 6.51. The number of para-hydroxylation sites is 1. The summed E-state index contributed by atoms with van der Waals surface area (Å²) in [6, 6.07) is 9.51. The maximum atomic E-state index is 4.79. The van der Waals surface area contributed by atoms with Crippen molar-refractivity contribution in [3.05, 3.63) is 24.3 Å². The normalized spacial score (nSPS) is 19.4. The van der Waals surface area contributed by atoms with Crippen LogP contribution in [0.3, 0.4) is 0 Å². The standard InChI is InChI=1S/C15H21N3S/c1-11(2)18(10-12-6-5-9-16-12)15-17-13-7-3-4-8-14(13)19-15/h3-4,7-8,11-12,16H,5-6,9-10H2,1-2H3. The minimum Gasteiger partial charge on any atom is -0.344 e. The molecular weight excluding hydrogens is 254 g/mol. The van der Waals surface area contributed by atoms with E-state index in [2.05, 4.69) is 48.3 Å². The van der Waals surface area contributed by atoms with Crippen molar-refractivity contribution in [3.63, 3.8) is 0 Å². The van der Waals surface area contributed by atoms with Gasteiger partial charge in [-0.15, -0.1) is 0 Å². The van der Waals surface area contributed by atoms with E-state index in [9.17, 15) is 0 Å². The molecule has 1 N–H and O–H groups in total. The molecule has 1 unspecified atom stereocenters. The molecule has 1 fully saturated rings. The summed E-state index contributed by atoms with van der Waals surface area (Å²) in [5.41, 5.74) is 1.12. The van der Waals surface area contributed by atoms with E-state index in [0.29, 0.717) is 12.1 Å². The molecule has 3 rings (SSSR count). The first-order valence-electron chi connectivity index (χ1n) is 7.09. The average molecular weight is 275 g/mol. The van der Waals surface area contributed by atoms with E-state index in [1.54, 1.807) is 11.3 Å². The lowest BCUT2D eigenvalue weighted by Crippen LogP contribution is -2.41. The third-order valence-electron chi connectivity index (χ3n) is 3.73. The summed E-state index contributed by atoms with van der Waals surface area (Å²) < 4.78 is 1.28. The lowest BCUT2D eigenvalue weighted by molar-refractivity contribution is 0.552. The van der Waals surface area contributed by atoms with Crippen LogP contribution in [0.15, 0.2) is 24.3 Å². The summed E-state index contributed by atoms with van der Waals surface area (Å²) in [5, 5.41) is 4.74. The molecule has 0 saturated carbocycles. The van der Waals surface area contributed by atoms with E-state index in [1.807, 2.05) is 0 Å². The molecule has 3 nitrogen and oxygen atoms in total. The largest absolute Gasteiger partial charge is 0.344 e. The van der Waals surface area contributed by atoms with Crippen molar-refractivity contribution in [2.45, 2.75) is 38.8 Å². The monoisotopic (exact) mass is 275 g/mol. The second kappa shape index (κ2) is 5.47. The van der Waals surface area contributed by atoms with Crippen LogP contribution in [-0.2, 0) is 0 Å². The Morgan fingerprint density at radius 1 is 1.42 bits per heavy atom. The first kappa shape index (κ1) is 12.9. The van der Waals surface area contributed by atoms with Gasteiger partial charge in [0.25, 0.3) is 0 Å². The first-order chi connectivity index (χ1) is 9.24. The Morgan fingerprint density at radius 3 is 2.95 bits per heavy atom. The molecule has 0 amide bonds. The Morgan fingerprint density at radius 2 is 2.26 bits per heavy atom. The minimum absolute atomic E-state index is 0.489. The zero-order valence-corrected chi connectivity index (χ0v) is 12.4. The molecule has 0 spiro atoms. The van der Waals surface area contributed by atoms with Crippen molar-refractivity contribution in [2.75, 3.05) is 18.0 Å². The maximum absolute atomic E-state index is 4.79. The van der Waals surface area contributed by atoms with E-state index in [-0.39, 0.29) is 0 Å². The van der Waals surface area contributed by atoms with E-state index < -0.39 is 0 Å². The highest BCUT2D eigenvalue weighted by atomic mass is 32.1. The molecule has 1 aliphatic heterocycles. The SMILES string of the molecule is CC(C)N(CC1CCCN1)c1nc2ccccc2s1. The summed E-state index contributed by atoms with van der Waals surface area (Å²) in [7, 11) is 0. The zero-order valence-electron chi connectivity index (χ0n) is 11.6. The highest BCUT2D eigenvalue weighted by Gasteiger charge is 2.22. The molecule has 0 bridgehead atoms. The summed E-state index contributed by atoms with van der Waals surface area (Å²) in [6.07, 6.45) is 2.59. The Balaban J connectivity index is 1.85. The minimum atomic E-state index is 0.489. The van der Waals surface area contributed by atoms with Crippen molar-refractivity contribution in [1.29, 1.82) is 0 Å². The molecule has 0 radical (unpaired) electrons. The van der Waals surface area contributed by atoms with Crippen LogP contribution in [0.5, 0.6) is 0 Å². The zero-order chi connectivity index (χ0) is 13.2. The van der Waals surface area contributed by atoms with E-state index in [1.165, 1.54) is 17.5 Å². The fraction of sp³-hybridized carbons (Fsp3) is 0.533. The van der Waals surface area contributed by atoms with Crippen molar-refractivity contribution < 1.29 is 0 Å². The molecular formula is C15H21N3S. The van der Waals surface area contributed by atoms with Gasteiger partial charge in [-0.25, -0.2) is 4.98 Å². The predicted molar refractivity (Wildman–Crippen MR) is 83.1 cm³/mol. The molecule has 102 valence electrons. The van der Waals surface area contributed by atoms with Gasteiger partial charge in [0.05, 0.1) is 10.2 Å². The number of anilines is 1. The van der Waals surface area contributed by atoms with Gasteiger partial charge in [-0.05, 0) is 45.4 Å². The van der Waals surface area contributed by atoms with Gasteiger partial charge in [-0.2, -0.15) is 0 Å². The summed E-state index contributed by atoms with van der Waals surface area (Å²) in [5.74, 6) is 0. The summed E-state index contributed by atoms with van der Waals surface area (Å²) in [4.78, 5) is 7.23. The topological polar surface area (TPSA) is 28.2 Å². The average Bonchev–Trinajstić information content (AvgIpc) is 3.04. The Kier molecular flexibility index (Phi) is 3.71. The van der Waals surface area contributed by atoms with Crippen LogP contribution < -0.4 is 10.2 Å². The number of fused-ring (bicyclic) bond motifs is 1. The number of nitrogens with one attached hydrogen (secondary N) is 1. The maximum Gasteiger partial charge on any atom is 0.186 e. The van der Waals surface area contributed by atoms with Gasteiger partial charge < -0.3 is 10.2 Å². The van der Waals surface area contributed by atoms with E-state index in [4.69, 9.17) is 4.98 Å². The van der Waals surface area contributed by atoms with E-state index >= 15 is 0 Å². The Labute approximate surface area is 118 Å². The van der Waals surface area contributed by atoms with Crippen LogP contribution in [0, 0.1) is 0 Å². The fourth-order valence-corrected chi connectivity index (χ4v) is 3.75. The van der Waals surface area contributed by atoms with Gasteiger partial charge >= 0.3 is 0 Å². The molecule has 2 heterocycles. The molecule has 1 atom stereocenters. The number of aromatic nitrogens is 1. The lowest BCUT2D eigenvalue weighted by Gasteiger charge is -2.29. The third-order valence-corrected chi connectivity index (χ3v) is 4.80. The number of benzene rings is 1. The molecule has 1 saturated heterocycles. The number of nitrogens with zero attached hydrogens (tertiary/aromatic N) is 2. The van der Waals surface area contributed by atoms with Gasteiger partial charge in [-0.3, -0.25) is 0 Å². The van der Waals surface area contributed by atoms with Gasteiger partial charge in [-0.1, -0.05) is 23.5 Å². The van der Waals surface area contributed by atoms with E-state index in [0.717, 1.165) is 23.7 Å². The number of thiazole rings is 1. The molecule has 1 aromatic heterocycles. The molecule has 4 heteroatoms. The van der Waals surface area contributed by atoms with Crippen molar-refractivity contribution in [2.24, 2.45) is 0 Å². The molecule has 0 aliphatic carbocycles. The molecule has 1 aromatic carbocycles. The molecule has 1 aliphatic rings. The van der Waals surface area contributed by atoms with Crippen LogP contribution in [0.25, 0.3) is 10.2 Å². The lowest BCUT2D eigenvalue weighted by atomic mass is 10.2. The van der Waals surface area contributed by atoms with Crippen LogP contribution in [0.1, 0.15) is 26.7 Å².